The average Bonchev–Trinajstić information content (AvgIpc) is 2.38. The Hall–Kier alpha value is -0.550. The van der Waals surface area contributed by atoms with Crippen LogP contribution in [0.1, 0.15) is 36.2 Å². The second-order valence-electron chi connectivity index (χ2n) is 4.00. The third-order valence-electron chi connectivity index (χ3n) is 2.53. The van der Waals surface area contributed by atoms with Crippen molar-refractivity contribution >= 4 is 33.6 Å². The van der Waals surface area contributed by atoms with Gasteiger partial charge in [-0.15, -0.1) is 0 Å². The van der Waals surface area contributed by atoms with Crippen LogP contribution in [-0.2, 0) is 0 Å². The molecule has 0 aliphatic carbocycles. The van der Waals surface area contributed by atoms with Crippen molar-refractivity contribution in [3.63, 3.8) is 0 Å². The molecule has 3 nitrogen and oxygen atoms in total. The van der Waals surface area contributed by atoms with Gasteiger partial charge in [0.2, 0.25) is 0 Å². The standard InChI is InChI=1S/C13H19BrN2OS/c1-18-10-5-3-2-4-8-16-13(17)12-11(14)7-6-9-15-12/h6-7,9H,2-5,8,10H2,1H3,(H,16,17). The molecule has 0 spiro atoms. The summed E-state index contributed by atoms with van der Waals surface area (Å²) in [5, 5.41) is 2.89. The third kappa shape index (κ3) is 5.87. The highest BCUT2D eigenvalue weighted by Crippen LogP contribution is 2.12. The monoisotopic (exact) mass is 330 g/mol. The van der Waals surface area contributed by atoms with Gasteiger partial charge in [-0.05, 0) is 52.9 Å². The molecule has 0 bridgehead atoms. The Balaban J connectivity index is 2.16. The molecule has 0 saturated carbocycles. The number of halogens is 1. The lowest BCUT2D eigenvalue weighted by molar-refractivity contribution is 0.0947. The van der Waals surface area contributed by atoms with Crippen molar-refractivity contribution in [3.05, 3.63) is 28.5 Å². The molecule has 0 aromatic carbocycles. The SMILES string of the molecule is CSCCCCCCNC(=O)c1ncccc1Br. The first-order valence-electron chi connectivity index (χ1n) is 6.13. The molecule has 1 rings (SSSR count). The van der Waals surface area contributed by atoms with Crippen molar-refractivity contribution in [2.75, 3.05) is 18.6 Å². The van der Waals surface area contributed by atoms with Crippen LogP contribution in [0.5, 0.6) is 0 Å². The van der Waals surface area contributed by atoms with Gasteiger partial charge in [0, 0.05) is 17.2 Å². The van der Waals surface area contributed by atoms with Crippen LogP contribution < -0.4 is 5.32 Å². The van der Waals surface area contributed by atoms with E-state index in [1.807, 2.05) is 17.8 Å². The largest absolute Gasteiger partial charge is 0.351 e. The maximum atomic E-state index is 11.8. The summed E-state index contributed by atoms with van der Waals surface area (Å²) >= 11 is 5.21. The Labute approximate surface area is 121 Å². The van der Waals surface area contributed by atoms with E-state index in [-0.39, 0.29) is 5.91 Å². The Kier molecular flexibility index (Phi) is 8.09. The minimum Gasteiger partial charge on any atom is -0.351 e. The minimum absolute atomic E-state index is 0.105. The normalized spacial score (nSPS) is 10.3. The average molecular weight is 331 g/mol. The lowest BCUT2D eigenvalue weighted by atomic mass is 10.2. The molecule has 100 valence electrons. The smallest absolute Gasteiger partial charge is 0.271 e. The van der Waals surface area contributed by atoms with Crippen LogP contribution >= 0.6 is 27.7 Å². The summed E-state index contributed by atoms with van der Waals surface area (Å²) in [6.07, 6.45) is 8.47. The lowest BCUT2D eigenvalue weighted by Crippen LogP contribution is -2.25. The number of hydrogen-bond acceptors (Lipinski definition) is 3. The number of carbonyl (C=O) groups excluding carboxylic acids is 1. The summed E-state index contributed by atoms with van der Waals surface area (Å²) < 4.78 is 0.738. The van der Waals surface area contributed by atoms with Crippen LogP contribution in [0, 0.1) is 0 Å². The number of nitrogens with one attached hydrogen (secondary N) is 1. The fourth-order valence-corrected chi connectivity index (χ4v) is 2.49. The summed E-state index contributed by atoms with van der Waals surface area (Å²) in [4.78, 5) is 15.8. The van der Waals surface area contributed by atoms with Gasteiger partial charge in [-0.25, -0.2) is 4.98 Å². The third-order valence-corrected chi connectivity index (χ3v) is 3.87. The number of aromatic nitrogens is 1. The molecule has 1 heterocycles. The van der Waals surface area contributed by atoms with Crippen molar-refractivity contribution < 1.29 is 4.79 Å². The Bertz CT molecular complexity index is 374. The van der Waals surface area contributed by atoms with Gasteiger partial charge in [0.25, 0.3) is 5.91 Å². The maximum absolute atomic E-state index is 11.8. The summed E-state index contributed by atoms with van der Waals surface area (Å²) in [7, 11) is 0. The molecular formula is C13H19BrN2OS. The fraction of sp³-hybridized carbons (Fsp3) is 0.538. The Morgan fingerprint density at radius 1 is 1.39 bits per heavy atom. The lowest BCUT2D eigenvalue weighted by Gasteiger charge is -2.05. The van der Waals surface area contributed by atoms with Gasteiger partial charge in [0.05, 0.1) is 0 Å². The number of nitrogens with zero attached hydrogens (tertiary/aromatic N) is 1. The second-order valence-corrected chi connectivity index (χ2v) is 5.84. The molecule has 0 radical (unpaired) electrons. The van der Waals surface area contributed by atoms with Gasteiger partial charge in [-0.1, -0.05) is 12.8 Å². The van der Waals surface area contributed by atoms with E-state index >= 15 is 0 Å². The molecule has 0 aliphatic heterocycles. The van der Waals surface area contributed by atoms with Gasteiger partial charge in [0.15, 0.2) is 0 Å². The van der Waals surface area contributed by atoms with E-state index in [0.717, 1.165) is 17.4 Å². The molecule has 1 N–H and O–H groups in total. The zero-order valence-corrected chi connectivity index (χ0v) is 13.0. The van der Waals surface area contributed by atoms with E-state index in [2.05, 4.69) is 32.5 Å². The molecule has 0 fully saturated rings. The Morgan fingerprint density at radius 2 is 2.17 bits per heavy atom. The molecule has 1 amide bonds. The van der Waals surface area contributed by atoms with Crippen molar-refractivity contribution in [2.24, 2.45) is 0 Å². The van der Waals surface area contributed by atoms with Crippen LogP contribution in [0.3, 0.4) is 0 Å². The number of amides is 1. The predicted molar refractivity (Wildman–Crippen MR) is 81.1 cm³/mol. The summed E-state index contributed by atoms with van der Waals surface area (Å²) in [6.45, 7) is 0.723. The van der Waals surface area contributed by atoms with Crippen LogP contribution in [0.4, 0.5) is 0 Å². The number of carbonyl (C=O) groups is 1. The van der Waals surface area contributed by atoms with Crippen LogP contribution in [-0.4, -0.2) is 29.4 Å². The highest BCUT2D eigenvalue weighted by Gasteiger charge is 2.09. The number of rotatable bonds is 8. The number of thioether (sulfide) groups is 1. The van der Waals surface area contributed by atoms with Crippen molar-refractivity contribution in [2.45, 2.75) is 25.7 Å². The van der Waals surface area contributed by atoms with E-state index in [9.17, 15) is 4.79 Å². The van der Waals surface area contributed by atoms with Crippen molar-refractivity contribution in [1.29, 1.82) is 0 Å². The van der Waals surface area contributed by atoms with Gasteiger partial charge in [0.1, 0.15) is 5.69 Å². The van der Waals surface area contributed by atoms with Crippen LogP contribution in [0.2, 0.25) is 0 Å². The molecule has 0 atom stereocenters. The predicted octanol–water partition coefficient (Wildman–Crippen LogP) is 3.50. The highest BCUT2D eigenvalue weighted by molar-refractivity contribution is 9.10. The quantitative estimate of drug-likeness (QED) is 0.742. The van der Waals surface area contributed by atoms with Crippen LogP contribution in [0.25, 0.3) is 0 Å². The summed E-state index contributed by atoms with van der Waals surface area (Å²) in [5.74, 6) is 1.12. The van der Waals surface area contributed by atoms with Crippen molar-refractivity contribution in [3.8, 4) is 0 Å². The van der Waals surface area contributed by atoms with Gasteiger partial charge < -0.3 is 5.32 Å². The van der Waals surface area contributed by atoms with Gasteiger partial charge in [-0.3, -0.25) is 4.79 Å². The molecule has 0 saturated heterocycles. The maximum Gasteiger partial charge on any atom is 0.271 e. The zero-order chi connectivity index (χ0) is 13.2. The van der Waals surface area contributed by atoms with Crippen molar-refractivity contribution in [1.82, 2.24) is 10.3 Å². The summed E-state index contributed by atoms with van der Waals surface area (Å²) in [5.41, 5.74) is 0.458. The zero-order valence-electron chi connectivity index (χ0n) is 10.6. The van der Waals surface area contributed by atoms with E-state index in [0.29, 0.717) is 5.69 Å². The molecule has 0 aliphatic rings. The molecule has 1 aromatic rings. The molecule has 0 unspecified atom stereocenters. The first-order chi connectivity index (χ1) is 8.75. The topological polar surface area (TPSA) is 42.0 Å². The minimum atomic E-state index is -0.105. The Morgan fingerprint density at radius 3 is 2.89 bits per heavy atom. The van der Waals surface area contributed by atoms with E-state index in [1.54, 1.807) is 12.3 Å². The van der Waals surface area contributed by atoms with Gasteiger partial charge in [-0.2, -0.15) is 11.8 Å². The first kappa shape index (κ1) is 15.5. The van der Waals surface area contributed by atoms with E-state index in [4.69, 9.17) is 0 Å². The summed E-state index contributed by atoms with van der Waals surface area (Å²) in [6, 6.07) is 3.62. The van der Waals surface area contributed by atoms with E-state index < -0.39 is 0 Å². The molecule has 5 heteroatoms. The molecule has 1 aromatic heterocycles. The van der Waals surface area contributed by atoms with Crippen LogP contribution in [0.15, 0.2) is 22.8 Å². The van der Waals surface area contributed by atoms with Gasteiger partial charge >= 0.3 is 0 Å². The molecule has 18 heavy (non-hydrogen) atoms. The molecular weight excluding hydrogens is 312 g/mol. The fourth-order valence-electron chi connectivity index (χ4n) is 1.56. The van der Waals surface area contributed by atoms with E-state index in [1.165, 1.54) is 25.0 Å². The number of unbranched alkanes of at least 4 members (excludes halogenated alkanes) is 3. The highest BCUT2D eigenvalue weighted by atomic mass is 79.9. The second kappa shape index (κ2) is 9.39. The first-order valence-corrected chi connectivity index (χ1v) is 8.32. The number of pyridine rings is 1. The number of hydrogen-bond donors (Lipinski definition) is 1.